The summed E-state index contributed by atoms with van der Waals surface area (Å²) in [5.41, 5.74) is 0. The molecule has 0 aromatic carbocycles. The fourth-order valence-electron chi connectivity index (χ4n) is 11.8. The van der Waals surface area contributed by atoms with Crippen molar-refractivity contribution in [3.05, 3.63) is 0 Å². The average Bonchev–Trinajstić information content (AvgIpc) is 1.23. The van der Waals surface area contributed by atoms with Gasteiger partial charge in [0.1, 0.15) is 19.3 Å². The van der Waals surface area contributed by atoms with E-state index in [4.69, 9.17) is 37.0 Å². The number of unbranched alkanes of at least 4 members (excludes halogenated alkanes) is 43. The van der Waals surface area contributed by atoms with Crippen LogP contribution in [0.2, 0.25) is 0 Å². The van der Waals surface area contributed by atoms with E-state index in [0.29, 0.717) is 31.6 Å². The van der Waals surface area contributed by atoms with Gasteiger partial charge in [0.15, 0.2) is 12.2 Å². The van der Waals surface area contributed by atoms with Gasteiger partial charge >= 0.3 is 39.5 Å². The van der Waals surface area contributed by atoms with Crippen LogP contribution in [0.3, 0.4) is 0 Å². The highest BCUT2D eigenvalue weighted by Crippen LogP contribution is 2.45. The lowest BCUT2D eigenvalue weighted by atomic mass is 10.0. The molecule has 0 radical (unpaired) electrons. The molecule has 0 saturated heterocycles. The summed E-state index contributed by atoms with van der Waals surface area (Å²) in [5, 5.41) is 10.6. The van der Waals surface area contributed by atoms with Crippen molar-refractivity contribution in [3.63, 3.8) is 0 Å². The van der Waals surface area contributed by atoms with Crippen molar-refractivity contribution in [1.29, 1.82) is 0 Å². The Hall–Kier alpha value is -1.94. The van der Waals surface area contributed by atoms with E-state index < -0.39 is 97.5 Å². The van der Waals surface area contributed by atoms with Crippen molar-refractivity contribution < 1.29 is 80.2 Å². The summed E-state index contributed by atoms with van der Waals surface area (Å²) >= 11 is 0. The second-order valence-corrected chi connectivity index (χ2v) is 32.1. The first-order valence-corrected chi connectivity index (χ1v) is 42.8. The van der Waals surface area contributed by atoms with E-state index in [1.54, 1.807) is 0 Å². The number of aliphatic hydroxyl groups excluding tert-OH is 1. The third-order valence-electron chi connectivity index (χ3n) is 17.9. The van der Waals surface area contributed by atoms with E-state index in [0.717, 1.165) is 108 Å². The molecule has 17 nitrogen and oxygen atoms in total. The molecule has 0 aliphatic rings. The number of rotatable bonds is 75. The zero-order valence-corrected chi connectivity index (χ0v) is 64.6. The number of carbonyl (C=O) groups is 4. The molecule has 0 bridgehead atoms. The lowest BCUT2D eigenvalue weighted by molar-refractivity contribution is -0.161. The summed E-state index contributed by atoms with van der Waals surface area (Å²) in [5.74, 6) is 0.157. The van der Waals surface area contributed by atoms with Gasteiger partial charge in [0.25, 0.3) is 0 Å². The normalized spacial score (nSPS) is 14.1. The molecule has 0 amide bonds. The molecule has 0 fully saturated rings. The molecule has 96 heavy (non-hydrogen) atoms. The smallest absolute Gasteiger partial charge is 0.462 e. The molecule has 570 valence electrons. The number of hydrogen-bond acceptors (Lipinski definition) is 15. The molecule has 0 aromatic rings. The number of phosphoric acid groups is 2. The molecule has 2 unspecified atom stereocenters. The van der Waals surface area contributed by atoms with Crippen LogP contribution in [0, 0.1) is 17.8 Å². The highest BCUT2D eigenvalue weighted by molar-refractivity contribution is 7.47. The van der Waals surface area contributed by atoms with Crippen molar-refractivity contribution in [1.82, 2.24) is 0 Å². The molecule has 5 atom stereocenters. The Labute approximate surface area is 588 Å². The maximum absolute atomic E-state index is 13.1. The summed E-state index contributed by atoms with van der Waals surface area (Å²) in [6.07, 6.45) is 54.2. The van der Waals surface area contributed by atoms with Crippen LogP contribution in [0.15, 0.2) is 0 Å². The lowest BCUT2D eigenvalue weighted by Crippen LogP contribution is -2.30. The van der Waals surface area contributed by atoms with Gasteiger partial charge < -0.3 is 33.8 Å². The number of ether oxygens (including phenoxy) is 4. The maximum atomic E-state index is 13.1. The fourth-order valence-corrected chi connectivity index (χ4v) is 13.4. The summed E-state index contributed by atoms with van der Waals surface area (Å²) < 4.78 is 68.5. The van der Waals surface area contributed by atoms with E-state index in [1.807, 2.05) is 0 Å². The minimum absolute atomic E-state index is 0.106. The first-order valence-electron chi connectivity index (χ1n) is 39.8. The van der Waals surface area contributed by atoms with Crippen LogP contribution in [-0.4, -0.2) is 96.7 Å². The van der Waals surface area contributed by atoms with E-state index in [9.17, 15) is 43.2 Å². The van der Waals surface area contributed by atoms with Gasteiger partial charge in [0.2, 0.25) is 0 Å². The zero-order valence-electron chi connectivity index (χ0n) is 62.8. The quantitative estimate of drug-likeness (QED) is 0.0222. The topological polar surface area (TPSA) is 237 Å². The second-order valence-electron chi connectivity index (χ2n) is 29.2. The van der Waals surface area contributed by atoms with Crippen LogP contribution in [0.1, 0.15) is 395 Å². The Kier molecular flexibility index (Phi) is 66.2. The molecular weight excluding hydrogens is 1260 g/mol. The third-order valence-corrected chi connectivity index (χ3v) is 19.8. The van der Waals surface area contributed by atoms with Crippen molar-refractivity contribution in [3.8, 4) is 0 Å². The van der Waals surface area contributed by atoms with Crippen LogP contribution in [0.4, 0.5) is 0 Å². The van der Waals surface area contributed by atoms with Gasteiger partial charge in [-0.2, -0.15) is 0 Å². The monoisotopic (exact) mass is 1410 g/mol. The van der Waals surface area contributed by atoms with Crippen LogP contribution in [-0.2, 0) is 65.4 Å². The molecule has 0 spiro atoms. The molecule has 3 N–H and O–H groups in total. The molecular formula is C77H150O17P2. The molecule has 0 saturated carbocycles. The van der Waals surface area contributed by atoms with Crippen LogP contribution < -0.4 is 0 Å². The predicted octanol–water partition coefficient (Wildman–Crippen LogP) is 22.6. The van der Waals surface area contributed by atoms with Crippen LogP contribution in [0.5, 0.6) is 0 Å². The SMILES string of the molecule is CCCCCCCCCCCCCCCC(=O)O[C@H](COC(=O)CCCCCCCCC(C)C)COP(=O)(O)OC[C@H](O)COP(=O)(O)OC[C@@H](COC(=O)CCCCCCCCCCCCCCCCC(C)C)OC(=O)CCCCCCCCCCCCCCCCC(C)C. The van der Waals surface area contributed by atoms with E-state index in [-0.39, 0.29) is 25.7 Å². The standard InChI is InChI=1S/C77H150O17P2/c1-8-9-10-11-12-13-14-19-27-32-37-46-53-60-77(82)94-73(65-88-75(80)59-52-45-40-39-43-50-57-70(6)7)67-92-96(85,86)90-63-71(78)62-89-95(83,84)91-66-72(93-76(81)61-54-47-38-33-28-23-18-16-21-25-30-35-42-49-56-69(4)5)64-87-74(79)58-51-44-36-31-26-22-17-15-20-24-29-34-41-48-55-68(2)3/h68-73,78H,8-67H2,1-7H3,(H,83,84)(H,85,86)/t71-,72-,73-/m1/s1. The Morgan fingerprint density at radius 3 is 0.708 bits per heavy atom. The Bertz CT molecular complexity index is 1870. The first kappa shape index (κ1) is 94.1. The zero-order chi connectivity index (χ0) is 70.9. The van der Waals surface area contributed by atoms with Gasteiger partial charge in [-0.05, 0) is 43.4 Å². The number of hydrogen-bond donors (Lipinski definition) is 3. The van der Waals surface area contributed by atoms with Crippen LogP contribution >= 0.6 is 15.6 Å². The summed E-state index contributed by atoms with van der Waals surface area (Å²) in [6.45, 7) is 11.9. The third kappa shape index (κ3) is 70.5. The number of aliphatic hydroxyl groups is 1. The molecule has 0 aromatic heterocycles. The highest BCUT2D eigenvalue weighted by Gasteiger charge is 2.30. The first-order chi connectivity index (χ1) is 46.2. The highest BCUT2D eigenvalue weighted by atomic mass is 31.2. The molecule has 19 heteroatoms. The molecule has 0 rings (SSSR count). The van der Waals surface area contributed by atoms with Crippen molar-refractivity contribution in [2.75, 3.05) is 39.6 Å². The minimum Gasteiger partial charge on any atom is -0.462 e. The summed E-state index contributed by atoms with van der Waals surface area (Å²) in [6, 6.07) is 0. The van der Waals surface area contributed by atoms with Crippen molar-refractivity contribution in [2.24, 2.45) is 17.8 Å². The van der Waals surface area contributed by atoms with Gasteiger partial charge in [-0.3, -0.25) is 37.3 Å². The minimum atomic E-state index is -4.96. The number of phosphoric ester groups is 2. The second kappa shape index (κ2) is 67.5. The van der Waals surface area contributed by atoms with Crippen molar-refractivity contribution >= 4 is 39.5 Å². The van der Waals surface area contributed by atoms with Gasteiger partial charge in [0, 0.05) is 25.7 Å². The Morgan fingerprint density at radius 2 is 0.479 bits per heavy atom. The van der Waals surface area contributed by atoms with Gasteiger partial charge in [-0.25, -0.2) is 9.13 Å². The molecule has 0 aliphatic heterocycles. The molecule has 0 aliphatic carbocycles. The average molecular weight is 1410 g/mol. The van der Waals surface area contributed by atoms with E-state index in [1.165, 1.54) is 199 Å². The van der Waals surface area contributed by atoms with Gasteiger partial charge in [0.05, 0.1) is 26.4 Å². The van der Waals surface area contributed by atoms with Crippen LogP contribution in [0.25, 0.3) is 0 Å². The Balaban J connectivity index is 5.23. The lowest BCUT2D eigenvalue weighted by Gasteiger charge is -2.21. The summed E-state index contributed by atoms with van der Waals surface area (Å²) in [4.78, 5) is 72.8. The van der Waals surface area contributed by atoms with E-state index >= 15 is 0 Å². The predicted molar refractivity (Wildman–Crippen MR) is 391 cm³/mol. The largest absolute Gasteiger partial charge is 0.472 e. The van der Waals surface area contributed by atoms with Crippen molar-refractivity contribution in [2.45, 2.75) is 414 Å². The van der Waals surface area contributed by atoms with E-state index in [2.05, 4.69) is 48.5 Å². The van der Waals surface area contributed by atoms with Gasteiger partial charge in [-0.1, -0.05) is 344 Å². The number of esters is 4. The fraction of sp³-hybridized carbons (Fsp3) is 0.948. The summed E-state index contributed by atoms with van der Waals surface area (Å²) in [7, 11) is -9.91. The number of carbonyl (C=O) groups excluding carboxylic acids is 4. The van der Waals surface area contributed by atoms with Gasteiger partial charge in [-0.15, -0.1) is 0 Å². The maximum Gasteiger partial charge on any atom is 0.472 e. The molecule has 0 heterocycles. The Morgan fingerprint density at radius 1 is 0.281 bits per heavy atom.